The van der Waals surface area contributed by atoms with Crippen LogP contribution in [0.4, 0.5) is 11.4 Å². The van der Waals surface area contributed by atoms with Crippen LogP contribution in [0.25, 0.3) is 22.3 Å². The first-order chi connectivity index (χ1) is 11.1. The molecule has 0 aliphatic carbocycles. The Balaban J connectivity index is 2.11. The zero-order valence-corrected chi connectivity index (χ0v) is 13.3. The van der Waals surface area contributed by atoms with Crippen molar-refractivity contribution < 1.29 is 5.11 Å². The standard InChI is InChI=1S/C20H20N2O/c1-22(2)19-12-6-10-17(20(19)23)15-8-5-7-14(13-15)16-9-3-4-11-18(16)21/h3-13,23H,21H2,1-2H3. The van der Waals surface area contributed by atoms with Gasteiger partial charge in [0.15, 0.2) is 0 Å². The highest BCUT2D eigenvalue weighted by Gasteiger charge is 2.11. The fourth-order valence-electron chi connectivity index (χ4n) is 2.74. The second kappa shape index (κ2) is 6.05. The van der Waals surface area contributed by atoms with Crippen molar-refractivity contribution in [3.63, 3.8) is 0 Å². The molecule has 3 rings (SSSR count). The summed E-state index contributed by atoms with van der Waals surface area (Å²) in [7, 11) is 3.83. The van der Waals surface area contributed by atoms with E-state index in [2.05, 4.69) is 6.07 Å². The second-order valence-corrected chi connectivity index (χ2v) is 5.74. The summed E-state index contributed by atoms with van der Waals surface area (Å²) in [6, 6.07) is 21.6. The van der Waals surface area contributed by atoms with Crippen molar-refractivity contribution in [2.24, 2.45) is 0 Å². The highest BCUT2D eigenvalue weighted by Crippen LogP contribution is 2.38. The van der Waals surface area contributed by atoms with E-state index < -0.39 is 0 Å². The zero-order chi connectivity index (χ0) is 16.4. The number of nitrogen functional groups attached to an aromatic ring is 1. The number of hydrogen-bond acceptors (Lipinski definition) is 3. The van der Waals surface area contributed by atoms with E-state index in [0.717, 1.165) is 33.6 Å². The summed E-state index contributed by atoms with van der Waals surface area (Å²) in [6.45, 7) is 0. The van der Waals surface area contributed by atoms with Crippen LogP contribution in [0.5, 0.6) is 5.75 Å². The third-order valence-electron chi connectivity index (χ3n) is 3.94. The number of benzene rings is 3. The van der Waals surface area contributed by atoms with E-state index in [1.807, 2.05) is 79.7 Å². The summed E-state index contributed by atoms with van der Waals surface area (Å²) < 4.78 is 0. The maximum Gasteiger partial charge on any atom is 0.146 e. The third-order valence-corrected chi connectivity index (χ3v) is 3.94. The van der Waals surface area contributed by atoms with E-state index in [0.29, 0.717) is 0 Å². The molecule has 0 radical (unpaired) electrons. The molecule has 3 heteroatoms. The Labute approximate surface area is 136 Å². The van der Waals surface area contributed by atoms with Crippen molar-refractivity contribution in [3.8, 4) is 28.0 Å². The lowest BCUT2D eigenvalue weighted by Gasteiger charge is -2.17. The molecule has 3 N–H and O–H groups in total. The summed E-state index contributed by atoms with van der Waals surface area (Å²) in [6.07, 6.45) is 0. The van der Waals surface area contributed by atoms with Crippen LogP contribution >= 0.6 is 0 Å². The number of hydrogen-bond donors (Lipinski definition) is 2. The molecule has 0 saturated carbocycles. The van der Waals surface area contributed by atoms with Gasteiger partial charge in [-0.25, -0.2) is 0 Å². The lowest BCUT2D eigenvalue weighted by Crippen LogP contribution is -2.08. The van der Waals surface area contributed by atoms with Crippen LogP contribution < -0.4 is 10.6 Å². The molecule has 23 heavy (non-hydrogen) atoms. The predicted octanol–water partition coefficient (Wildman–Crippen LogP) is 4.37. The number of rotatable bonds is 3. The van der Waals surface area contributed by atoms with Crippen LogP contribution in [0, 0.1) is 0 Å². The number of nitrogens with zero attached hydrogens (tertiary/aromatic N) is 1. The van der Waals surface area contributed by atoms with Gasteiger partial charge in [-0.05, 0) is 29.3 Å². The summed E-state index contributed by atoms with van der Waals surface area (Å²) in [5.74, 6) is 0.288. The molecule has 0 fully saturated rings. The van der Waals surface area contributed by atoms with E-state index in [-0.39, 0.29) is 5.75 Å². The SMILES string of the molecule is CN(C)c1cccc(-c2cccc(-c3ccccc3N)c2)c1O. The third kappa shape index (κ3) is 2.86. The normalized spacial score (nSPS) is 10.5. The number of nitrogens with two attached hydrogens (primary N) is 1. The molecule has 0 atom stereocenters. The molecule has 0 aliphatic rings. The van der Waals surface area contributed by atoms with Gasteiger partial charge >= 0.3 is 0 Å². The van der Waals surface area contributed by atoms with Gasteiger partial charge in [-0.3, -0.25) is 0 Å². The van der Waals surface area contributed by atoms with Crippen molar-refractivity contribution in [3.05, 3.63) is 66.7 Å². The van der Waals surface area contributed by atoms with Crippen molar-refractivity contribution >= 4 is 11.4 Å². The van der Waals surface area contributed by atoms with Crippen LogP contribution in [-0.4, -0.2) is 19.2 Å². The number of aromatic hydroxyl groups is 1. The molecule has 0 unspecified atom stereocenters. The maximum absolute atomic E-state index is 10.6. The minimum absolute atomic E-state index is 0.288. The Hall–Kier alpha value is -2.94. The summed E-state index contributed by atoms with van der Waals surface area (Å²) >= 11 is 0. The smallest absolute Gasteiger partial charge is 0.146 e. The second-order valence-electron chi connectivity index (χ2n) is 5.74. The molecule has 116 valence electrons. The minimum atomic E-state index is 0.288. The monoisotopic (exact) mass is 304 g/mol. The molecule has 0 spiro atoms. The van der Waals surface area contributed by atoms with Gasteiger partial charge in [-0.1, -0.05) is 48.5 Å². The molecule has 0 aliphatic heterocycles. The highest BCUT2D eigenvalue weighted by atomic mass is 16.3. The molecule has 3 aromatic carbocycles. The molecule has 0 heterocycles. The lowest BCUT2D eigenvalue weighted by atomic mass is 9.97. The van der Waals surface area contributed by atoms with Gasteiger partial charge in [-0.2, -0.15) is 0 Å². The average Bonchev–Trinajstić information content (AvgIpc) is 2.55. The van der Waals surface area contributed by atoms with Crippen molar-refractivity contribution in [2.45, 2.75) is 0 Å². The van der Waals surface area contributed by atoms with Crippen LogP contribution in [0.3, 0.4) is 0 Å². The van der Waals surface area contributed by atoms with Gasteiger partial charge in [-0.15, -0.1) is 0 Å². The van der Waals surface area contributed by atoms with Gasteiger partial charge < -0.3 is 15.7 Å². The quantitative estimate of drug-likeness (QED) is 0.706. The largest absolute Gasteiger partial charge is 0.505 e. The van der Waals surface area contributed by atoms with Crippen molar-refractivity contribution in [1.29, 1.82) is 0 Å². The Kier molecular flexibility index (Phi) is 3.94. The van der Waals surface area contributed by atoms with E-state index in [1.54, 1.807) is 0 Å². The number of phenols is 1. The number of anilines is 2. The van der Waals surface area contributed by atoms with Crippen LogP contribution in [0.2, 0.25) is 0 Å². The first-order valence-corrected chi connectivity index (χ1v) is 7.52. The molecule has 0 amide bonds. The summed E-state index contributed by atoms with van der Waals surface area (Å²) in [5, 5.41) is 10.6. The topological polar surface area (TPSA) is 49.5 Å². The summed E-state index contributed by atoms with van der Waals surface area (Å²) in [5.41, 5.74) is 11.4. The van der Waals surface area contributed by atoms with Crippen molar-refractivity contribution in [1.82, 2.24) is 0 Å². The zero-order valence-electron chi connectivity index (χ0n) is 13.3. The fraction of sp³-hybridized carbons (Fsp3) is 0.100. The Morgan fingerprint density at radius 1 is 0.783 bits per heavy atom. The van der Waals surface area contributed by atoms with Gasteiger partial charge in [0.25, 0.3) is 0 Å². The Morgan fingerprint density at radius 2 is 1.39 bits per heavy atom. The molecular formula is C20H20N2O. The fourth-order valence-corrected chi connectivity index (χ4v) is 2.74. The van der Waals surface area contributed by atoms with E-state index in [4.69, 9.17) is 5.73 Å². The molecular weight excluding hydrogens is 284 g/mol. The van der Waals surface area contributed by atoms with E-state index in [1.165, 1.54) is 0 Å². The van der Waals surface area contributed by atoms with Gasteiger partial charge in [0.2, 0.25) is 0 Å². The predicted molar refractivity (Wildman–Crippen MR) is 97.7 cm³/mol. The van der Waals surface area contributed by atoms with E-state index >= 15 is 0 Å². The van der Waals surface area contributed by atoms with Crippen LogP contribution in [0.15, 0.2) is 66.7 Å². The molecule has 0 saturated heterocycles. The first kappa shape index (κ1) is 15.0. The molecule has 3 nitrogen and oxygen atoms in total. The lowest BCUT2D eigenvalue weighted by molar-refractivity contribution is 0.477. The molecule has 0 aromatic heterocycles. The average molecular weight is 304 g/mol. The molecule has 0 bridgehead atoms. The van der Waals surface area contributed by atoms with Gasteiger partial charge in [0.1, 0.15) is 5.75 Å². The number of phenolic OH excluding ortho intramolecular Hbond substituents is 1. The maximum atomic E-state index is 10.6. The number of para-hydroxylation sites is 2. The summed E-state index contributed by atoms with van der Waals surface area (Å²) in [4.78, 5) is 1.90. The van der Waals surface area contributed by atoms with E-state index in [9.17, 15) is 5.11 Å². The van der Waals surface area contributed by atoms with Gasteiger partial charge in [0.05, 0.1) is 5.69 Å². The van der Waals surface area contributed by atoms with Crippen molar-refractivity contribution in [2.75, 3.05) is 24.7 Å². The first-order valence-electron chi connectivity index (χ1n) is 7.52. The minimum Gasteiger partial charge on any atom is -0.505 e. The Morgan fingerprint density at radius 3 is 2.09 bits per heavy atom. The van der Waals surface area contributed by atoms with Crippen LogP contribution in [-0.2, 0) is 0 Å². The highest BCUT2D eigenvalue weighted by molar-refractivity contribution is 5.83. The van der Waals surface area contributed by atoms with Gasteiger partial charge in [0, 0.05) is 30.9 Å². The Bertz CT molecular complexity index is 841. The van der Waals surface area contributed by atoms with Crippen LogP contribution in [0.1, 0.15) is 0 Å². The molecule has 3 aromatic rings.